The fraction of sp³-hybridized carbons (Fsp3) is 0.333. The van der Waals surface area contributed by atoms with Crippen LogP contribution in [0.1, 0.15) is 26.3 Å². The molecule has 1 aliphatic heterocycles. The lowest BCUT2D eigenvalue weighted by molar-refractivity contribution is -0.222. The van der Waals surface area contributed by atoms with E-state index in [1.54, 1.807) is 0 Å². The fourth-order valence-corrected chi connectivity index (χ4v) is 2.28. The number of benzene rings is 1. The normalized spacial score (nSPS) is 17.0. The van der Waals surface area contributed by atoms with Crippen molar-refractivity contribution in [2.45, 2.75) is 33.0 Å². The number of anilines is 1. The molecule has 1 aromatic carbocycles. The molecule has 0 aliphatic carbocycles. The Bertz CT molecular complexity index is 600. The SMILES string of the molecule is CCc1ccc(Br)cc1NC=C1C(=O)OC(C)(C)OC1=O. The predicted octanol–water partition coefficient (Wildman–Crippen LogP) is 3.14. The molecule has 1 aromatic rings. The standard InChI is InChI=1S/C15H16BrNO4/c1-4-9-5-6-10(16)7-12(9)17-8-11-13(18)20-15(2,3)21-14(11)19/h5-8,17H,4H2,1-3H3. The van der Waals surface area contributed by atoms with Crippen LogP contribution in [0.5, 0.6) is 0 Å². The quantitative estimate of drug-likeness (QED) is 0.513. The molecular weight excluding hydrogens is 338 g/mol. The van der Waals surface area contributed by atoms with E-state index in [1.165, 1.54) is 20.0 Å². The smallest absolute Gasteiger partial charge is 0.350 e. The van der Waals surface area contributed by atoms with Crippen LogP contribution in [0.25, 0.3) is 0 Å². The number of aryl methyl sites for hydroxylation is 1. The molecule has 112 valence electrons. The first-order valence-corrected chi connectivity index (χ1v) is 7.33. The molecule has 0 aromatic heterocycles. The summed E-state index contributed by atoms with van der Waals surface area (Å²) in [7, 11) is 0. The fourth-order valence-electron chi connectivity index (χ4n) is 1.92. The number of esters is 2. The molecule has 0 saturated carbocycles. The number of hydrogen-bond donors (Lipinski definition) is 1. The molecule has 1 aliphatic rings. The first kappa shape index (κ1) is 15.6. The van der Waals surface area contributed by atoms with E-state index < -0.39 is 17.7 Å². The predicted molar refractivity (Wildman–Crippen MR) is 81.5 cm³/mol. The van der Waals surface area contributed by atoms with Gasteiger partial charge in [0.25, 0.3) is 5.79 Å². The molecule has 1 heterocycles. The van der Waals surface area contributed by atoms with E-state index in [0.717, 1.165) is 22.1 Å². The number of cyclic esters (lactones) is 2. The molecule has 0 radical (unpaired) electrons. The van der Waals surface area contributed by atoms with Crippen molar-refractivity contribution in [1.82, 2.24) is 0 Å². The highest BCUT2D eigenvalue weighted by Gasteiger charge is 2.38. The van der Waals surface area contributed by atoms with Gasteiger partial charge in [0, 0.05) is 30.2 Å². The Labute approximate surface area is 131 Å². The van der Waals surface area contributed by atoms with Crippen molar-refractivity contribution >= 4 is 33.6 Å². The lowest BCUT2D eigenvalue weighted by atomic mass is 10.1. The van der Waals surface area contributed by atoms with Crippen LogP contribution in [0, 0.1) is 0 Å². The van der Waals surface area contributed by atoms with Crippen molar-refractivity contribution in [2.24, 2.45) is 0 Å². The summed E-state index contributed by atoms with van der Waals surface area (Å²) in [5.74, 6) is -2.62. The Kier molecular flexibility index (Phi) is 4.37. The van der Waals surface area contributed by atoms with E-state index in [9.17, 15) is 9.59 Å². The van der Waals surface area contributed by atoms with E-state index in [1.807, 2.05) is 25.1 Å². The van der Waals surface area contributed by atoms with Crippen LogP contribution >= 0.6 is 15.9 Å². The van der Waals surface area contributed by atoms with E-state index in [4.69, 9.17) is 9.47 Å². The third kappa shape index (κ3) is 3.64. The number of hydrogen-bond acceptors (Lipinski definition) is 5. The third-order valence-electron chi connectivity index (χ3n) is 2.94. The number of nitrogens with one attached hydrogen (secondary N) is 1. The highest BCUT2D eigenvalue weighted by atomic mass is 79.9. The maximum atomic E-state index is 11.8. The van der Waals surface area contributed by atoms with Crippen LogP contribution < -0.4 is 5.32 Å². The first-order valence-electron chi connectivity index (χ1n) is 6.54. The van der Waals surface area contributed by atoms with Gasteiger partial charge in [0.2, 0.25) is 0 Å². The highest BCUT2D eigenvalue weighted by Crippen LogP contribution is 2.25. The van der Waals surface area contributed by atoms with Crippen molar-refractivity contribution in [2.75, 3.05) is 5.32 Å². The molecule has 5 nitrogen and oxygen atoms in total. The van der Waals surface area contributed by atoms with Crippen LogP contribution in [0.4, 0.5) is 5.69 Å². The van der Waals surface area contributed by atoms with E-state index in [2.05, 4.69) is 21.2 Å². The van der Waals surface area contributed by atoms with Gasteiger partial charge in [0.1, 0.15) is 0 Å². The van der Waals surface area contributed by atoms with Gasteiger partial charge in [0.05, 0.1) is 0 Å². The summed E-state index contributed by atoms with van der Waals surface area (Å²) in [4.78, 5) is 23.6. The molecule has 2 rings (SSSR count). The topological polar surface area (TPSA) is 64.6 Å². The van der Waals surface area contributed by atoms with Gasteiger partial charge in [-0.1, -0.05) is 28.9 Å². The minimum Gasteiger partial charge on any atom is -0.419 e. The summed E-state index contributed by atoms with van der Waals surface area (Å²) in [6, 6.07) is 5.77. The first-order chi connectivity index (χ1) is 9.82. The van der Waals surface area contributed by atoms with Crippen LogP contribution in [-0.2, 0) is 25.5 Å². The second kappa shape index (κ2) is 5.89. The summed E-state index contributed by atoms with van der Waals surface area (Å²) in [6.45, 7) is 5.04. The zero-order chi connectivity index (χ0) is 15.6. The molecule has 0 spiro atoms. The molecule has 21 heavy (non-hydrogen) atoms. The maximum Gasteiger partial charge on any atom is 0.350 e. The molecular formula is C15H16BrNO4. The van der Waals surface area contributed by atoms with E-state index in [-0.39, 0.29) is 5.57 Å². The minimum atomic E-state index is -1.23. The average Bonchev–Trinajstić information content (AvgIpc) is 2.36. The van der Waals surface area contributed by atoms with Crippen LogP contribution in [0.15, 0.2) is 34.4 Å². The zero-order valence-corrected chi connectivity index (χ0v) is 13.6. The molecule has 0 atom stereocenters. The van der Waals surface area contributed by atoms with Crippen molar-refractivity contribution in [3.05, 3.63) is 40.0 Å². The molecule has 1 fully saturated rings. The van der Waals surface area contributed by atoms with Gasteiger partial charge in [-0.25, -0.2) is 9.59 Å². The lowest BCUT2D eigenvalue weighted by Crippen LogP contribution is -2.42. The van der Waals surface area contributed by atoms with Gasteiger partial charge < -0.3 is 14.8 Å². The number of rotatable bonds is 3. The summed E-state index contributed by atoms with van der Waals surface area (Å²) >= 11 is 3.39. The Morgan fingerprint density at radius 2 is 1.86 bits per heavy atom. The Morgan fingerprint density at radius 3 is 2.43 bits per heavy atom. The van der Waals surface area contributed by atoms with Gasteiger partial charge >= 0.3 is 11.9 Å². The van der Waals surface area contributed by atoms with Crippen LogP contribution in [0.3, 0.4) is 0 Å². The number of ether oxygens (including phenoxy) is 2. The lowest BCUT2D eigenvalue weighted by Gasteiger charge is -2.29. The zero-order valence-electron chi connectivity index (χ0n) is 12.0. The summed E-state index contributed by atoms with van der Waals surface area (Å²) < 4.78 is 11.0. The molecule has 1 saturated heterocycles. The van der Waals surface area contributed by atoms with Gasteiger partial charge in [-0.05, 0) is 24.1 Å². The second-order valence-corrected chi connectivity index (χ2v) is 5.95. The molecule has 6 heteroatoms. The van der Waals surface area contributed by atoms with Gasteiger partial charge in [-0.2, -0.15) is 0 Å². The monoisotopic (exact) mass is 353 g/mol. The van der Waals surface area contributed by atoms with Gasteiger partial charge in [-0.3, -0.25) is 0 Å². The summed E-state index contributed by atoms with van der Waals surface area (Å²) in [6.07, 6.45) is 2.14. The molecule has 0 unspecified atom stereocenters. The average molecular weight is 354 g/mol. The Morgan fingerprint density at radius 1 is 1.24 bits per heavy atom. The van der Waals surface area contributed by atoms with Crippen molar-refractivity contribution in [3.63, 3.8) is 0 Å². The largest absolute Gasteiger partial charge is 0.419 e. The van der Waals surface area contributed by atoms with Crippen LogP contribution in [-0.4, -0.2) is 17.7 Å². The molecule has 0 amide bonds. The molecule has 0 bridgehead atoms. The summed E-state index contributed by atoms with van der Waals surface area (Å²) in [5.41, 5.74) is 1.72. The van der Waals surface area contributed by atoms with Crippen molar-refractivity contribution < 1.29 is 19.1 Å². The minimum absolute atomic E-state index is 0.156. The van der Waals surface area contributed by atoms with E-state index in [0.29, 0.717) is 0 Å². The van der Waals surface area contributed by atoms with Crippen molar-refractivity contribution in [3.8, 4) is 0 Å². The third-order valence-corrected chi connectivity index (χ3v) is 3.43. The Hall–Kier alpha value is -1.82. The van der Waals surface area contributed by atoms with Crippen molar-refractivity contribution in [1.29, 1.82) is 0 Å². The van der Waals surface area contributed by atoms with Gasteiger partial charge in [0.15, 0.2) is 5.57 Å². The highest BCUT2D eigenvalue weighted by molar-refractivity contribution is 9.10. The van der Waals surface area contributed by atoms with Crippen LogP contribution in [0.2, 0.25) is 0 Å². The summed E-state index contributed by atoms with van der Waals surface area (Å²) in [5, 5.41) is 2.97. The van der Waals surface area contributed by atoms with E-state index >= 15 is 0 Å². The number of halogens is 1. The number of carbonyl (C=O) groups excluding carboxylic acids is 2. The number of carbonyl (C=O) groups is 2. The second-order valence-electron chi connectivity index (χ2n) is 5.04. The Balaban J connectivity index is 2.23. The van der Waals surface area contributed by atoms with Gasteiger partial charge in [-0.15, -0.1) is 0 Å². The maximum absolute atomic E-state index is 11.8. The molecule has 1 N–H and O–H groups in total.